The zero-order chi connectivity index (χ0) is 17.6. The maximum absolute atomic E-state index is 12.5. The Balaban J connectivity index is 0.00000243. The number of alkyl halides is 2. The Labute approximate surface area is 156 Å². The molecule has 1 aromatic carbocycles. The Bertz CT molecular complexity index is 720. The van der Waals surface area contributed by atoms with Gasteiger partial charge in [-0.1, -0.05) is 12.1 Å². The lowest BCUT2D eigenvalue weighted by atomic mass is 9.99. The second kappa shape index (κ2) is 9.49. The molecule has 2 heterocycles. The summed E-state index contributed by atoms with van der Waals surface area (Å²) in [5, 5.41) is 12.9. The molecular weight excluding hydrogens is 366 g/mol. The third-order valence-electron chi connectivity index (χ3n) is 4.18. The van der Waals surface area contributed by atoms with Gasteiger partial charge >= 0.3 is 6.61 Å². The molecule has 0 bridgehead atoms. The fourth-order valence-corrected chi connectivity index (χ4v) is 2.94. The summed E-state index contributed by atoms with van der Waals surface area (Å²) in [6.45, 7) is -0.395. The van der Waals surface area contributed by atoms with Crippen molar-refractivity contribution in [1.82, 2.24) is 20.8 Å². The fraction of sp³-hybridized carbons (Fsp3) is 0.412. The zero-order valence-corrected chi connectivity index (χ0v) is 14.8. The number of halogens is 3. The van der Waals surface area contributed by atoms with Gasteiger partial charge in [0.2, 0.25) is 0 Å². The predicted molar refractivity (Wildman–Crippen MR) is 95.8 cm³/mol. The Morgan fingerprint density at radius 2 is 2.27 bits per heavy atom. The first-order valence-electron chi connectivity index (χ1n) is 8.21. The summed E-state index contributed by atoms with van der Waals surface area (Å²) in [5.74, 6) is 0.201. The summed E-state index contributed by atoms with van der Waals surface area (Å²) in [7, 11) is 0. The van der Waals surface area contributed by atoms with Gasteiger partial charge in [0, 0.05) is 12.1 Å². The lowest BCUT2D eigenvalue weighted by Gasteiger charge is -2.22. The summed E-state index contributed by atoms with van der Waals surface area (Å²) in [5.41, 5.74) is 1.40. The number of rotatable bonds is 6. The van der Waals surface area contributed by atoms with Crippen molar-refractivity contribution < 1.29 is 18.3 Å². The molecule has 2 aromatic rings. The first kappa shape index (κ1) is 20.1. The number of aromatic amines is 1. The van der Waals surface area contributed by atoms with Crippen LogP contribution in [0.2, 0.25) is 0 Å². The third kappa shape index (κ3) is 5.15. The van der Waals surface area contributed by atoms with Crippen molar-refractivity contribution in [3.63, 3.8) is 0 Å². The highest BCUT2D eigenvalue weighted by Crippen LogP contribution is 2.26. The van der Waals surface area contributed by atoms with Crippen LogP contribution in [0.15, 0.2) is 30.5 Å². The molecule has 0 saturated carbocycles. The molecule has 0 aliphatic carbocycles. The van der Waals surface area contributed by atoms with Crippen molar-refractivity contribution >= 4 is 18.3 Å². The van der Waals surface area contributed by atoms with E-state index in [9.17, 15) is 13.6 Å². The molecule has 0 radical (unpaired) electrons. The van der Waals surface area contributed by atoms with Crippen LogP contribution in [0.5, 0.6) is 5.75 Å². The number of nitrogens with one attached hydrogen (secondary N) is 3. The second-order valence-corrected chi connectivity index (χ2v) is 5.99. The number of benzene rings is 1. The van der Waals surface area contributed by atoms with Crippen LogP contribution in [0.3, 0.4) is 0 Å². The summed E-state index contributed by atoms with van der Waals surface area (Å²) >= 11 is 0. The first-order chi connectivity index (χ1) is 12.1. The van der Waals surface area contributed by atoms with Crippen molar-refractivity contribution in [2.75, 3.05) is 19.6 Å². The van der Waals surface area contributed by atoms with E-state index in [1.165, 1.54) is 18.3 Å². The molecule has 1 saturated heterocycles. The van der Waals surface area contributed by atoms with Crippen molar-refractivity contribution in [3.05, 3.63) is 36.0 Å². The number of hydrogen-bond donors (Lipinski definition) is 3. The van der Waals surface area contributed by atoms with Crippen LogP contribution in [0.4, 0.5) is 8.78 Å². The quantitative estimate of drug-likeness (QED) is 0.713. The van der Waals surface area contributed by atoms with E-state index in [4.69, 9.17) is 0 Å². The van der Waals surface area contributed by atoms with E-state index >= 15 is 0 Å². The molecule has 1 aromatic heterocycles. The number of aromatic nitrogens is 2. The van der Waals surface area contributed by atoms with Gasteiger partial charge in [-0.2, -0.15) is 13.9 Å². The second-order valence-electron chi connectivity index (χ2n) is 5.99. The van der Waals surface area contributed by atoms with Crippen LogP contribution in [-0.4, -0.2) is 42.4 Å². The number of carbonyl (C=O) groups is 1. The fourth-order valence-electron chi connectivity index (χ4n) is 2.94. The minimum absolute atomic E-state index is 0. The summed E-state index contributed by atoms with van der Waals surface area (Å²) in [4.78, 5) is 12.5. The van der Waals surface area contributed by atoms with Gasteiger partial charge in [0.05, 0.1) is 17.5 Å². The van der Waals surface area contributed by atoms with Crippen LogP contribution in [0.25, 0.3) is 11.3 Å². The van der Waals surface area contributed by atoms with E-state index in [1.54, 1.807) is 12.1 Å². The Morgan fingerprint density at radius 3 is 3.00 bits per heavy atom. The van der Waals surface area contributed by atoms with E-state index in [2.05, 4.69) is 25.6 Å². The highest BCUT2D eigenvalue weighted by atomic mass is 35.5. The average molecular weight is 387 g/mol. The van der Waals surface area contributed by atoms with Crippen LogP contribution < -0.4 is 15.4 Å². The van der Waals surface area contributed by atoms with Crippen LogP contribution >= 0.6 is 12.4 Å². The van der Waals surface area contributed by atoms with Crippen molar-refractivity contribution in [3.8, 4) is 17.0 Å². The summed E-state index contributed by atoms with van der Waals surface area (Å²) < 4.78 is 29.1. The van der Waals surface area contributed by atoms with Gasteiger partial charge in [0.25, 0.3) is 5.91 Å². The number of hydrogen-bond acceptors (Lipinski definition) is 4. The number of ether oxygens (including phenoxy) is 1. The standard InChI is InChI=1S/C17H20F2N4O2.ClH/c18-17(19)25-13-5-1-4-12(7-13)15-14(10-22-23-15)16(24)21-9-11-3-2-6-20-8-11;/h1,4-5,7,10-11,17,20H,2-3,6,8-9H2,(H,21,24)(H,22,23);1H. The minimum Gasteiger partial charge on any atom is -0.435 e. The molecule has 1 atom stereocenters. The molecule has 26 heavy (non-hydrogen) atoms. The van der Waals surface area contributed by atoms with Gasteiger partial charge in [-0.3, -0.25) is 9.89 Å². The Kier molecular flexibility index (Phi) is 7.35. The highest BCUT2D eigenvalue weighted by molar-refractivity contribution is 5.99. The smallest absolute Gasteiger partial charge is 0.387 e. The van der Waals surface area contributed by atoms with E-state index in [0.29, 0.717) is 29.3 Å². The molecule has 1 unspecified atom stereocenters. The molecule has 3 rings (SSSR count). The van der Waals surface area contributed by atoms with Gasteiger partial charge in [0.1, 0.15) is 5.75 Å². The van der Waals surface area contributed by atoms with Crippen LogP contribution in [0.1, 0.15) is 23.2 Å². The van der Waals surface area contributed by atoms with E-state index < -0.39 is 6.61 Å². The number of piperidine rings is 1. The Hall–Kier alpha value is -2.19. The third-order valence-corrected chi connectivity index (χ3v) is 4.18. The Morgan fingerprint density at radius 1 is 1.42 bits per heavy atom. The highest BCUT2D eigenvalue weighted by Gasteiger charge is 2.18. The van der Waals surface area contributed by atoms with Crippen molar-refractivity contribution in [2.45, 2.75) is 19.5 Å². The van der Waals surface area contributed by atoms with Gasteiger partial charge in [0.15, 0.2) is 0 Å². The monoisotopic (exact) mass is 386 g/mol. The van der Waals surface area contributed by atoms with Crippen LogP contribution in [0, 0.1) is 5.92 Å². The molecule has 9 heteroatoms. The SMILES string of the molecule is Cl.O=C(NCC1CCCNC1)c1cn[nH]c1-c1cccc(OC(F)F)c1. The predicted octanol–water partition coefficient (Wildman–Crippen LogP) is 2.83. The maximum Gasteiger partial charge on any atom is 0.387 e. The molecule has 0 spiro atoms. The molecular formula is C17H21ClF2N4O2. The van der Waals surface area contributed by atoms with E-state index in [0.717, 1.165) is 25.9 Å². The largest absolute Gasteiger partial charge is 0.435 e. The molecule has 3 N–H and O–H groups in total. The number of amides is 1. The molecule has 1 aliphatic heterocycles. The molecule has 6 nitrogen and oxygen atoms in total. The zero-order valence-electron chi connectivity index (χ0n) is 14.0. The minimum atomic E-state index is -2.90. The van der Waals surface area contributed by atoms with Gasteiger partial charge in [-0.05, 0) is 44.0 Å². The van der Waals surface area contributed by atoms with Crippen LogP contribution in [-0.2, 0) is 0 Å². The normalized spacial score (nSPS) is 16.8. The first-order valence-corrected chi connectivity index (χ1v) is 8.21. The van der Waals surface area contributed by atoms with Gasteiger partial charge < -0.3 is 15.4 Å². The lowest BCUT2D eigenvalue weighted by Crippen LogP contribution is -2.38. The average Bonchev–Trinajstić information content (AvgIpc) is 3.10. The summed E-state index contributed by atoms with van der Waals surface area (Å²) in [6, 6.07) is 6.17. The van der Waals surface area contributed by atoms with Crippen molar-refractivity contribution in [2.24, 2.45) is 5.92 Å². The van der Waals surface area contributed by atoms with Gasteiger partial charge in [-0.15, -0.1) is 12.4 Å². The number of H-pyrrole nitrogens is 1. The molecule has 1 amide bonds. The molecule has 142 valence electrons. The van der Waals surface area contributed by atoms with E-state index in [-0.39, 0.29) is 24.1 Å². The van der Waals surface area contributed by atoms with Crippen molar-refractivity contribution in [1.29, 1.82) is 0 Å². The molecule has 1 fully saturated rings. The molecule has 1 aliphatic rings. The maximum atomic E-state index is 12.5. The lowest BCUT2D eigenvalue weighted by molar-refractivity contribution is -0.0498. The van der Waals surface area contributed by atoms with Gasteiger partial charge in [-0.25, -0.2) is 0 Å². The number of carbonyl (C=O) groups excluding carboxylic acids is 1. The topological polar surface area (TPSA) is 79.0 Å². The number of nitrogens with zero attached hydrogens (tertiary/aromatic N) is 1. The summed E-state index contributed by atoms with van der Waals surface area (Å²) in [6.07, 6.45) is 3.62. The van der Waals surface area contributed by atoms with E-state index in [1.807, 2.05) is 0 Å².